The summed E-state index contributed by atoms with van der Waals surface area (Å²) in [5.74, 6) is 0.437. The largest absolute Gasteiger partial charge is 0.385 e. The Bertz CT molecular complexity index is 451. The Morgan fingerprint density at radius 1 is 1.38 bits per heavy atom. The molecule has 1 heterocycles. The lowest BCUT2D eigenvalue weighted by Gasteiger charge is -2.16. The molecule has 0 spiro atoms. The van der Waals surface area contributed by atoms with Crippen molar-refractivity contribution >= 4 is 11.9 Å². The van der Waals surface area contributed by atoms with Crippen molar-refractivity contribution in [3.63, 3.8) is 0 Å². The highest BCUT2D eigenvalue weighted by atomic mass is 16.5. The highest BCUT2D eigenvalue weighted by Gasteiger charge is 2.14. The first-order chi connectivity index (χ1) is 10.1. The SMILES string of the molecule is CCCCN(C)C(=O)c1cc(C)nc(NCCCOC)n1. The minimum atomic E-state index is -0.0612. The molecule has 21 heavy (non-hydrogen) atoms. The number of nitrogens with zero attached hydrogens (tertiary/aromatic N) is 3. The average Bonchev–Trinajstić information content (AvgIpc) is 2.48. The number of unbranched alkanes of at least 4 members (excludes halogenated alkanes) is 1. The molecule has 0 radical (unpaired) electrons. The molecule has 0 aromatic carbocycles. The zero-order chi connectivity index (χ0) is 15.7. The molecule has 0 bridgehead atoms. The van der Waals surface area contributed by atoms with Crippen LogP contribution < -0.4 is 5.32 Å². The molecular formula is C15H26N4O2. The predicted molar refractivity (Wildman–Crippen MR) is 83.6 cm³/mol. The lowest BCUT2D eigenvalue weighted by molar-refractivity contribution is 0.0787. The Morgan fingerprint density at radius 3 is 2.81 bits per heavy atom. The molecule has 1 amide bonds. The number of methoxy groups -OCH3 is 1. The van der Waals surface area contributed by atoms with Crippen LogP contribution in [0, 0.1) is 6.92 Å². The van der Waals surface area contributed by atoms with Crippen LogP contribution in [0.15, 0.2) is 6.07 Å². The van der Waals surface area contributed by atoms with E-state index in [0.29, 0.717) is 18.2 Å². The van der Waals surface area contributed by atoms with Crippen molar-refractivity contribution in [1.29, 1.82) is 0 Å². The van der Waals surface area contributed by atoms with Gasteiger partial charge in [-0.2, -0.15) is 0 Å². The molecule has 0 aliphatic rings. The third kappa shape index (κ3) is 6.08. The van der Waals surface area contributed by atoms with Crippen LogP contribution in [-0.2, 0) is 4.74 Å². The number of anilines is 1. The summed E-state index contributed by atoms with van der Waals surface area (Å²) in [6.45, 7) is 6.12. The highest BCUT2D eigenvalue weighted by Crippen LogP contribution is 2.08. The number of aryl methyl sites for hydroxylation is 1. The van der Waals surface area contributed by atoms with Crippen molar-refractivity contribution < 1.29 is 9.53 Å². The van der Waals surface area contributed by atoms with Crippen LogP contribution in [0.1, 0.15) is 42.4 Å². The number of amides is 1. The summed E-state index contributed by atoms with van der Waals surface area (Å²) < 4.78 is 4.99. The van der Waals surface area contributed by atoms with Gasteiger partial charge in [0, 0.05) is 39.5 Å². The Hall–Kier alpha value is -1.69. The van der Waals surface area contributed by atoms with Crippen LogP contribution in [0.4, 0.5) is 5.95 Å². The van der Waals surface area contributed by atoms with Crippen molar-refractivity contribution in [1.82, 2.24) is 14.9 Å². The summed E-state index contributed by atoms with van der Waals surface area (Å²) >= 11 is 0. The summed E-state index contributed by atoms with van der Waals surface area (Å²) in [5.41, 5.74) is 1.22. The van der Waals surface area contributed by atoms with Crippen molar-refractivity contribution in [2.45, 2.75) is 33.1 Å². The van der Waals surface area contributed by atoms with Gasteiger partial charge in [-0.05, 0) is 25.8 Å². The van der Waals surface area contributed by atoms with Crippen molar-refractivity contribution in [2.24, 2.45) is 0 Å². The van der Waals surface area contributed by atoms with Gasteiger partial charge in [0.25, 0.3) is 5.91 Å². The third-order valence-electron chi connectivity index (χ3n) is 3.08. The molecule has 1 rings (SSSR count). The Morgan fingerprint density at radius 2 is 2.14 bits per heavy atom. The fraction of sp³-hybridized carbons (Fsp3) is 0.667. The molecule has 0 saturated heterocycles. The van der Waals surface area contributed by atoms with Gasteiger partial charge in [-0.1, -0.05) is 13.3 Å². The first kappa shape index (κ1) is 17.4. The second kappa shape index (κ2) is 9.28. The van der Waals surface area contributed by atoms with E-state index in [-0.39, 0.29) is 5.91 Å². The summed E-state index contributed by atoms with van der Waals surface area (Å²) in [5, 5.41) is 3.12. The summed E-state index contributed by atoms with van der Waals surface area (Å²) in [7, 11) is 3.48. The van der Waals surface area contributed by atoms with Gasteiger partial charge < -0.3 is 15.0 Å². The second-order valence-electron chi connectivity index (χ2n) is 5.07. The van der Waals surface area contributed by atoms with Crippen LogP contribution in [0.25, 0.3) is 0 Å². The number of aromatic nitrogens is 2. The molecule has 0 atom stereocenters. The van der Waals surface area contributed by atoms with E-state index < -0.39 is 0 Å². The maximum Gasteiger partial charge on any atom is 0.272 e. The molecule has 1 N–H and O–H groups in total. The van der Waals surface area contributed by atoms with Crippen LogP contribution >= 0.6 is 0 Å². The quantitative estimate of drug-likeness (QED) is 0.706. The van der Waals surface area contributed by atoms with Gasteiger partial charge in [-0.15, -0.1) is 0 Å². The maximum atomic E-state index is 12.3. The molecule has 0 fully saturated rings. The number of carbonyl (C=O) groups excluding carboxylic acids is 1. The maximum absolute atomic E-state index is 12.3. The Balaban J connectivity index is 2.69. The Labute approximate surface area is 126 Å². The molecule has 0 aliphatic heterocycles. The zero-order valence-electron chi connectivity index (χ0n) is 13.5. The predicted octanol–water partition coefficient (Wildman–Crippen LogP) is 2.11. The fourth-order valence-corrected chi connectivity index (χ4v) is 1.87. The summed E-state index contributed by atoms with van der Waals surface area (Å²) in [4.78, 5) is 22.6. The van der Waals surface area contributed by atoms with Gasteiger partial charge in [0.05, 0.1) is 0 Å². The van der Waals surface area contributed by atoms with E-state index in [2.05, 4.69) is 22.2 Å². The van der Waals surface area contributed by atoms with Crippen LogP contribution in [0.5, 0.6) is 0 Å². The van der Waals surface area contributed by atoms with Crippen LogP contribution in [-0.4, -0.2) is 54.6 Å². The number of carbonyl (C=O) groups is 1. The number of rotatable bonds is 9. The van der Waals surface area contributed by atoms with Crippen LogP contribution in [0.3, 0.4) is 0 Å². The number of hydrogen-bond acceptors (Lipinski definition) is 5. The summed E-state index contributed by atoms with van der Waals surface area (Å²) in [6.07, 6.45) is 2.93. The molecule has 1 aromatic rings. The molecule has 0 saturated carbocycles. The standard InChI is InChI=1S/C15H26N4O2/c1-5-6-9-19(3)14(20)13-11-12(2)17-15(18-13)16-8-7-10-21-4/h11H,5-10H2,1-4H3,(H,16,17,18). The fourth-order valence-electron chi connectivity index (χ4n) is 1.87. The van der Waals surface area contributed by atoms with Gasteiger partial charge in [-0.3, -0.25) is 4.79 Å². The van der Waals surface area contributed by atoms with E-state index in [4.69, 9.17) is 4.74 Å². The molecular weight excluding hydrogens is 268 g/mol. The first-order valence-corrected chi connectivity index (χ1v) is 7.42. The normalized spacial score (nSPS) is 10.5. The molecule has 6 nitrogen and oxygen atoms in total. The summed E-state index contributed by atoms with van der Waals surface area (Å²) in [6, 6.07) is 1.73. The molecule has 1 aromatic heterocycles. The van der Waals surface area contributed by atoms with E-state index in [0.717, 1.165) is 38.0 Å². The smallest absolute Gasteiger partial charge is 0.272 e. The lowest BCUT2D eigenvalue weighted by Crippen LogP contribution is -2.29. The van der Waals surface area contributed by atoms with Crippen molar-refractivity contribution in [2.75, 3.05) is 39.2 Å². The minimum Gasteiger partial charge on any atom is -0.385 e. The van der Waals surface area contributed by atoms with Crippen molar-refractivity contribution in [3.05, 3.63) is 17.5 Å². The van der Waals surface area contributed by atoms with E-state index in [1.165, 1.54) is 0 Å². The number of nitrogens with one attached hydrogen (secondary N) is 1. The zero-order valence-corrected chi connectivity index (χ0v) is 13.5. The molecule has 0 unspecified atom stereocenters. The topological polar surface area (TPSA) is 67.4 Å². The van der Waals surface area contributed by atoms with Gasteiger partial charge in [0.2, 0.25) is 5.95 Å². The monoisotopic (exact) mass is 294 g/mol. The third-order valence-corrected chi connectivity index (χ3v) is 3.08. The molecule has 118 valence electrons. The average molecular weight is 294 g/mol. The van der Waals surface area contributed by atoms with Gasteiger partial charge in [0.15, 0.2) is 0 Å². The molecule has 0 aliphatic carbocycles. The number of hydrogen-bond donors (Lipinski definition) is 1. The van der Waals surface area contributed by atoms with Gasteiger partial charge >= 0.3 is 0 Å². The van der Waals surface area contributed by atoms with Gasteiger partial charge in [0.1, 0.15) is 5.69 Å². The first-order valence-electron chi connectivity index (χ1n) is 7.42. The number of ether oxygens (including phenoxy) is 1. The molecule has 6 heteroatoms. The van der Waals surface area contributed by atoms with E-state index in [9.17, 15) is 4.79 Å². The lowest BCUT2D eigenvalue weighted by atomic mass is 10.2. The highest BCUT2D eigenvalue weighted by molar-refractivity contribution is 5.92. The van der Waals surface area contributed by atoms with E-state index >= 15 is 0 Å². The Kier molecular flexibility index (Phi) is 7.68. The minimum absolute atomic E-state index is 0.0612. The van der Waals surface area contributed by atoms with E-state index in [1.807, 2.05) is 6.92 Å². The second-order valence-corrected chi connectivity index (χ2v) is 5.07. The van der Waals surface area contributed by atoms with Crippen molar-refractivity contribution in [3.8, 4) is 0 Å². The van der Waals surface area contributed by atoms with Crippen LogP contribution in [0.2, 0.25) is 0 Å². The van der Waals surface area contributed by atoms with E-state index in [1.54, 1.807) is 25.1 Å². The van der Waals surface area contributed by atoms with Gasteiger partial charge in [-0.25, -0.2) is 9.97 Å².